The Balaban J connectivity index is 1.17. The van der Waals surface area contributed by atoms with E-state index in [2.05, 4.69) is 55.9 Å². The molecular formula is C36H32N6O2S. The number of phenols is 1. The van der Waals surface area contributed by atoms with E-state index in [-0.39, 0.29) is 17.0 Å². The highest BCUT2D eigenvalue weighted by molar-refractivity contribution is 7.21. The van der Waals surface area contributed by atoms with Crippen LogP contribution >= 0.6 is 11.3 Å². The van der Waals surface area contributed by atoms with Crippen molar-refractivity contribution >= 4 is 66.1 Å². The number of unbranched alkanes of at least 4 members (excludes halogenated alkanes) is 3. The minimum Gasteiger partial charge on any atom is -0.505 e. The molecule has 0 aliphatic carbocycles. The van der Waals surface area contributed by atoms with E-state index in [0.29, 0.717) is 27.6 Å². The lowest BCUT2D eigenvalue weighted by molar-refractivity contribution is 0.102. The van der Waals surface area contributed by atoms with Crippen molar-refractivity contribution in [2.24, 2.45) is 20.5 Å². The van der Waals surface area contributed by atoms with Gasteiger partial charge in [-0.2, -0.15) is 5.11 Å². The smallest absolute Gasteiger partial charge is 0.259 e. The second-order valence-corrected chi connectivity index (χ2v) is 11.7. The third-order valence-corrected chi connectivity index (χ3v) is 8.30. The largest absolute Gasteiger partial charge is 0.505 e. The van der Waals surface area contributed by atoms with E-state index >= 15 is 0 Å². The van der Waals surface area contributed by atoms with Crippen molar-refractivity contribution in [1.29, 1.82) is 0 Å². The van der Waals surface area contributed by atoms with Crippen molar-refractivity contribution in [3.05, 3.63) is 114 Å². The highest BCUT2D eigenvalue weighted by atomic mass is 32.1. The zero-order valence-corrected chi connectivity index (χ0v) is 25.7. The predicted octanol–water partition coefficient (Wildman–Crippen LogP) is 11.4. The molecule has 0 aliphatic heterocycles. The van der Waals surface area contributed by atoms with E-state index in [0.717, 1.165) is 22.0 Å². The molecule has 1 aromatic heterocycles. The molecule has 5 aromatic carbocycles. The van der Waals surface area contributed by atoms with Gasteiger partial charge in [0.05, 0.1) is 27.2 Å². The quantitative estimate of drug-likeness (QED) is 0.112. The van der Waals surface area contributed by atoms with Gasteiger partial charge in [-0.1, -0.05) is 86.1 Å². The molecule has 1 amide bonds. The Labute approximate surface area is 265 Å². The first-order chi connectivity index (χ1) is 22.1. The van der Waals surface area contributed by atoms with Gasteiger partial charge in [0.25, 0.3) is 5.91 Å². The van der Waals surface area contributed by atoms with Gasteiger partial charge in [0, 0.05) is 11.1 Å². The number of phenolic OH excluding ortho intramolecular Hbond substituents is 1. The molecule has 6 rings (SSSR count). The molecule has 45 heavy (non-hydrogen) atoms. The van der Waals surface area contributed by atoms with E-state index in [9.17, 15) is 9.90 Å². The third kappa shape index (κ3) is 7.27. The average Bonchev–Trinajstić information content (AvgIpc) is 3.48. The Kier molecular flexibility index (Phi) is 9.27. The second-order valence-electron chi connectivity index (χ2n) is 10.7. The van der Waals surface area contributed by atoms with Gasteiger partial charge in [-0.25, -0.2) is 4.98 Å². The van der Waals surface area contributed by atoms with Crippen molar-refractivity contribution in [3.8, 4) is 5.75 Å². The number of aryl methyl sites for hydroxylation is 1. The van der Waals surface area contributed by atoms with Crippen LogP contribution in [0.1, 0.15) is 48.5 Å². The highest BCUT2D eigenvalue weighted by Crippen LogP contribution is 2.40. The van der Waals surface area contributed by atoms with Gasteiger partial charge in [-0.3, -0.25) is 4.79 Å². The molecule has 224 valence electrons. The number of hydrogen-bond acceptors (Lipinski definition) is 8. The third-order valence-electron chi connectivity index (χ3n) is 7.40. The molecule has 0 fully saturated rings. The molecule has 0 aliphatic rings. The van der Waals surface area contributed by atoms with Crippen LogP contribution in [-0.2, 0) is 6.42 Å². The van der Waals surface area contributed by atoms with Gasteiger partial charge in [-0.05, 0) is 78.4 Å². The number of hydrogen-bond donors (Lipinski definition) is 2. The summed E-state index contributed by atoms with van der Waals surface area (Å²) in [6.07, 6.45) is 6.07. The molecule has 0 bridgehead atoms. The normalized spacial score (nSPS) is 11.7. The number of carbonyl (C=O) groups excluding carboxylic acids is 1. The van der Waals surface area contributed by atoms with Crippen LogP contribution in [0.3, 0.4) is 0 Å². The summed E-state index contributed by atoms with van der Waals surface area (Å²) in [7, 11) is 0. The van der Waals surface area contributed by atoms with Crippen LogP contribution in [0.5, 0.6) is 5.75 Å². The zero-order valence-electron chi connectivity index (χ0n) is 24.9. The summed E-state index contributed by atoms with van der Waals surface area (Å²) in [4.78, 5) is 17.7. The number of nitrogens with one attached hydrogen (secondary N) is 1. The number of para-hydroxylation sites is 1. The van der Waals surface area contributed by atoms with Crippen molar-refractivity contribution in [3.63, 3.8) is 0 Å². The molecule has 0 spiro atoms. The zero-order chi connectivity index (χ0) is 31.0. The molecule has 0 atom stereocenters. The van der Waals surface area contributed by atoms with Gasteiger partial charge >= 0.3 is 0 Å². The summed E-state index contributed by atoms with van der Waals surface area (Å²) >= 11 is 1.53. The van der Waals surface area contributed by atoms with Gasteiger partial charge in [-0.15, -0.1) is 15.3 Å². The average molecular weight is 613 g/mol. The van der Waals surface area contributed by atoms with Gasteiger partial charge < -0.3 is 10.4 Å². The predicted molar refractivity (Wildman–Crippen MR) is 182 cm³/mol. The lowest BCUT2D eigenvalue weighted by Crippen LogP contribution is -2.12. The summed E-state index contributed by atoms with van der Waals surface area (Å²) in [5, 5.41) is 33.4. The first-order valence-corrected chi connectivity index (χ1v) is 15.8. The van der Waals surface area contributed by atoms with Crippen molar-refractivity contribution in [2.45, 2.75) is 39.0 Å². The maximum Gasteiger partial charge on any atom is 0.259 e. The van der Waals surface area contributed by atoms with Gasteiger partial charge in [0.2, 0.25) is 5.13 Å². The molecule has 1 heterocycles. The van der Waals surface area contributed by atoms with E-state index < -0.39 is 5.91 Å². The van der Waals surface area contributed by atoms with Crippen molar-refractivity contribution < 1.29 is 9.90 Å². The number of rotatable bonds is 11. The fourth-order valence-corrected chi connectivity index (χ4v) is 5.87. The van der Waals surface area contributed by atoms with Crippen LogP contribution in [0.2, 0.25) is 0 Å². The molecular weight excluding hydrogens is 581 g/mol. The maximum absolute atomic E-state index is 13.1. The maximum atomic E-state index is 13.1. The number of aromatic nitrogens is 1. The summed E-state index contributed by atoms with van der Waals surface area (Å²) in [5.41, 5.74) is 4.43. The molecule has 0 radical (unpaired) electrons. The first-order valence-electron chi connectivity index (χ1n) is 15.0. The summed E-state index contributed by atoms with van der Waals surface area (Å²) in [6, 6.07) is 31.7. The Hall–Kier alpha value is -5.28. The number of anilines is 1. The molecule has 0 saturated carbocycles. The minimum atomic E-state index is -0.438. The summed E-state index contributed by atoms with van der Waals surface area (Å²) in [6.45, 7) is 2.23. The number of aromatic hydroxyl groups is 1. The molecule has 0 saturated heterocycles. The van der Waals surface area contributed by atoms with Crippen molar-refractivity contribution in [1.82, 2.24) is 4.98 Å². The van der Waals surface area contributed by atoms with Gasteiger partial charge in [0.15, 0.2) is 5.75 Å². The van der Waals surface area contributed by atoms with E-state index in [1.807, 2.05) is 42.5 Å². The molecule has 9 heteroatoms. The number of carbonyl (C=O) groups is 1. The summed E-state index contributed by atoms with van der Waals surface area (Å²) in [5.74, 6) is -0.678. The molecule has 6 aromatic rings. The van der Waals surface area contributed by atoms with Crippen molar-refractivity contribution in [2.75, 3.05) is 5.32 Å². The number of nitrogens with zero attached hydrogens (tertiary/aromatic N) is 5. The standard InChI is InChI=1S/C36H32N6O2S/c1-2-3-4-6-11-24-16-21-31-32(22-24)45-36(38-31)42-40-28-19-17-27(18-20-28)39-41-33-29-15-10-9-12-25(29)23-30(34(33)43)35(44)37-26-13-7-5-8-14-26/h5,7-10,12-23,43H,2-4,6,11H2,1H3,(H,37,44). The van der Waals surface area contributed by atoms with Crippen LogP contribution < -0.4 is 5.32 Å². The highest BCUT2D eigenvalue weighted by Gasteiger charge is 2.18. The number of benzene rings is 5. The molecule has 2 N–H and O–H groups in total. The second kappa shape index (κ2) is 14.0. The molecule has 0 unspecified atom stereocenters. The molecule has 8 nitrogen and oxygen atoms in total. The minimum absolute atomic E-state index is 0.111. The fraction of sp³-hybridized carbons (Fsp3) is 0.167. The van der Waals surface area contributed by atoms with Crippen LogP contribution in [0.15, 0.2) is 124 Å². The van der Waals surface area contributed by atoms with Gasteiger partial charge in [0.1, 0.15) is 5.69 Å². The number of azo groups is 2. The van der Waals surface area contributed by atoms with E-state index in [1.54, 1.807) is 42.5 Å². The van der Waals surface area contributed by atoms with E-state index in [4.69, 9.17) is 0 Å². The lowest BCUT2D eigenvalue weighted by atomic mass is 10.0. The van der Waals surface area contributed by atoms with Crippen LogP contribution in [0.25, 0.3) is 21.0 Å². The Morgan fingerprint density at radius 1 is 0.800 bits per heavy atom. The van der Waals surface area contributed by atoms with Crippen LogP contribution in [0.4, 0.5) is 27.9 Å². The van der Waals surface area contributed by atoms with Crippen LogP contribution in [0, 0.1) is 0 Å². The number of fused-ring (bicyclic) bond motifs is 2. The van der Waals surface area contributed by atoms with Crippen LogP contribution in [-0.4, -0.2) is 16.0 Å². The SMILES string of the molecule is CCCCCCc1ccc2nc(N=Nc3ccc(N=Nc4c(O)c(C(=O)Nc5ccccc5)cc5ccccc45)cc3)sc2c1. The summed E-state index contributed by atoms with van der Waals surface area (Å²) < 4.78 is 1.12. The topological polar surface area (TPSA) is 112 Å². The lowest BCUT2D eigenvalue weighted by Gasteiger charge is -2.11. The Bertz CT molecular complexity index is 2000. The monoisotopic (exact) mass is 612 g/mol. The Morgan fingerprint density at radius 2 is 1.53 bits per heavy atom. The van der Waals surface area contributed by atoms with E-state index in [1.165, 1.54) is 42.6 Å². The first kappa shape index (κ1) is 29.8. The number of thiazole rings is 1. The Morgan fingerprint density at radius 3 is 2.31 bits per heavy atom. The fourth-order valence-electron chi connectivity index (χ4n) is 5.02. The number of amides is 1.